The highest BCUT2D eigenvalue weighted by molar-refractivity contribution is 6.30. The van der Waals surface area contributed by atoms with Crippen molar-refractivity contribution in [2.45, 2.75) is 31.8 Å². The van der Waals surface area contributed by atoms with E-state index in [0.717, 1.165) is 16.6 Å². The number of fused-ring (bicyclic) bond motifs is 1. The van der Waals surface area contributed by atoms with E-state index < -0.39 is 29.7 Å². The van der Waals surface area contributed by atoms with Gasteiger partial charge in [-0.15, -0.1) is 0 Å². The average Bonchev–Trinajstić information content (AvgIpc) is 3.36. The molecule has 0 aliphatic rings. The van der Waals surface area contributed by atoms with Gasteiger partial charge in [-0.1, -0.05) is 54.1 Å². The predicted octanol–water partition coefficient (Wildman–Crippen LogP) is 3.33. The highest BCUT2D eigenvalue weighted by atomic mass is 35.5. The van der Waals surface area contributed by atoms with Crippen LogP contribution < -0.4 is 16.1 Å². The van der Waals surface area contributed by atoms with Gasteiger partial charge >= 0.3 is 5.97 Å². The topological polar surface area (TPSA) is 152 Å². The van der Waals surface area contributed by atoms with E-state index in [9.17, 15) is 19.2 Å². The second kappa shape index (κ2) is 14.2. The van der Waals surface area contributed by atoms with Gasteiger partial charge in [0, 0.05) is 30.0 Å². The second-order valence-electron chi connectivity index (χ2n) is 9.49. The minimum Gasteiger partial charge on any atom is -0.468 e. The number of hydrogen-bond acceptors (Lipinski definition) is 7. The maximum absolute atomic E-state index is 12.9. The molecule has 1 heterocycles. The summed E-state index contributed by atoms with van der Waals surface area (Å²) in [7, 11) is 1.24. The first-order valence-corrected chi connectivity index (χ1v) is 13.5. The van der Waals surface area contributed by atoms with E-state index in [2.05, 4.69) is 15.4 Å². The second-order valence-corrected chi connectivity index (χ2v) is 9.93. The van der Waals surface area contributed by atoms with Crippen molar-refractivity contribution < 1.29 is 29.1 Å². The standard InChI is InChI=1S/C30H30ClN5O6/c1-42-28(39)17-32-30(40)21-9-12-25-23(16-21)34-29(36(25)18-20-7-10-22(31)11-8-20)24(15-19-5-3-2-4-6-19)33-26(37)13-14-27(38)35-41/h2-12,16,24,41H,13-15,17-18H2,1H3,(H,32,40)(H,33,37)(H,35,38). The van der Waals surface area contributed by atoms with E-state index >= 15 is 0 Å². The van der Waals surface area contributed by atoms with E-state index in [0.29, 0.717) is 34.9 Å². The van der Waals surface area contributed by atoms with E-state index in [1.165, 1.54) is 12.6 Å². The molecule has 0 aliphatic carbocycles. The molecule has 0 saturated carbocycles. The van der Waals surface area contributed by atoms with Crippen LogP contribution in [0, 0.1) is 0 Å². The Morgan fingerprint density at radius 1 is 0.952 bits per heavy atom. The van der Waals surface area contributed by atoms with E-state index in [4.69, 9.17) is 21.8 Å². The Morgan fingerprint density at radius 3 is 2.36 bits per heavy atom. The number of nitrogens with one attached hydrogen (secondary N) is 3. The molecule has 3 aromatic carbocycles. The summed E-state index contributed by atoms with van der Waals surface area (Å²) in [6, 6.07) is 21.4. The maximum atomic E-state index is 12.9. The van der Waals surface area contributed by atoms with Crippen LogP contribution in [-0.2, 0) is 32.1 Å². The van der Waals surface area contributed by atoms with Crippen molar-refractivity contribution in [1.29, 1.82) is 0 Å². The van der Waals surface area contributed by atoms with Gasteiger partial charge in [0.15, 0.2) is 0 Å². The van der Waals surface area contributed by atoms with Crippen LogP contribution in [0.3, 0.4) is 0 Å². The van der Waals surface area contributed by atoms with Crippen molar-refractivity contribution in [1.82, 2.24) is 25.7 Å². The minimum atomic E-state index is -0.669. The molecule has 1 atom stereocenters. The molecule has 218 valence electrons. The summed E-state index contributed by atoms with van der Waals surface area (Å²) in [4.78, 5) is 53.5. The lowest BCUT2D eigenvalue weighted by Crippen LogP contribution is -2.33. The van der Waals surface area contributed by atoms with E-state index in [1.807, 2.05) is 47.0 Å². The lowest BCUT2D eigenvalue weighted by molar-refractivity contribution is -0.139. The quantitative estimate of drug-likeness (QED) is 0.112. The molecule has 0 spiro atoms. The summed E-state index contributed by atoms with van der Waals surface area (Å²) >= 11 is 6.10. The zero-order valence-electron chi connectivity index (χ0n) is 22.8. The molecular weight excluding hydrogens is 562 g/mol. The number of hydrogen-bond donors (Lipinski definition) is 4. The normalized spacial score (nSPS) is 11.5. The third-order valence-corrected chi connectivity index (χ3v) is 6.80. The molecule has 4 N–H and O–H groups in total. The van der Waals surface area contributed by atoms with Crippen LogP contribution in [0.25, 0.3) is 11.0 Å². The third-order valence-electron chi connectivity index (χ3n) is 6.55. The van der Waals surface area contributed by atoms with E-state index in [1.54, 1.807) is 30.3 Å². The van der Waals surface area contributed by atoms with Crippen LogP contribution >= 0.6 is 11.6 Å². The highest BCUT2D eigenvalue weighted by Crippen LogP contribution is 2.26. The van der Waals surface area contributed by atoms with E-state index in [-0.39, 0.29) is 19.4 Å². The van der Waals surface area contributed by atoms with Crippen molar-refractivity contribution in [3.63, 3.8) is 0 Å². The Labute approximate surface area is 246 Å². The number of carbonyl (C=O) groups is 4. The number of imidazole rings is 1. The van der Waals surface area contributed by atoms with Crippen LogP contribution in [0.1, 0.15) is 46.2 Å². The van der Waals surface area contributed by atoms with Crippen LogP contribution in [0.5, 0.6) is 0 Å². The smallest absolute Gasteiger partial charge is 0.325 e. The zero-order chi connectivity index (χ0) is 30.1. The van der Waals surface area contributed by atoms with Crippen LogP contribution in [-0.4, -0.2) is 52.1 Å². The summed E-state index contributed by atoms with van der Waals surface area (Å²) in [6.07, 6.45) is 0.0699. The number of halogens is 1. The molecule has 11 nitrogen and oxygen atoms in total. The molecule has 0 bridgehead atoms. The number of nitrogens with zero attached hydrogens (tertiary/aromatic N) is 2. The lowest BCUT2D eigenvalue weighted by Gasteiger charge is -2.21. The number of aromatic nitrogens is 2. The van der Waals surface area contributed by atoms with Gasteiger partial charge in [-0.3, -0.25) is 24.4 Å². The number of amides is 3. The van der Waals surface area contributed by atoms with Gasteiger partial charge in [-0.2, -0.15) is 0 Å². The summed E-state index contributed by atoms with van der Waals surface area (Å²) in [5, 5.41) is 14.9. The molecule has 0 saturated heterocycles. The number of hydroxylamine groups is 1. The molecule has 4 rings (SSSR count). The van der Waals surface area contributed by atoms with Crippen LogP contribution in [0.15, 0.2) is 72.8 Å². The molecule has 3 amide bonds. The lowest BCUT2D eigenvalue weighted by atomic mass is 10.0. The molecule has 0 fully saturated rings. The zero-order valence-corrected chi connectivity index (χ0v) is 23.6. The number of carbonyl (C=O) groups excluding carboxylic acids is 4. The van der Waals surface area contributed by atoms with Gasteiger partial charge in [0.1, 0.15) is 12.4 Å². The largest absolute Gasteiger partial charge is 0.468 e. The Morgan fingerprint density at radius 2 is 1.67 bits per heavy atom. The van der Waals surface area contributed by atoms with Crippen molar-refractivity contribution in [3.05, 3.63) is 100 Å². The Balaban J connectivity index is 1.75. The maximum Gasteiger partial charge on any atom is 0.325 e. The van der Waals surface area contributed by atoms with Gasteiger partial charge in [0.2, 0.25) is 11.8 Å². The van der Waals surface area contributed by atoms with Gasteiger partial charge in [-0.05, 0) is 47.9 Å². The Hall–Kier alpha value is -4.74. The number of benzene rings is 3. The number of rotatable bonds is 12. The SMILES string of the molecule is COC(=O)CNC(=O)c1ccc2c(c1)nc(C(Cc1ccccc1)NC(=O)CCC(=O)NO)n2Cc1ccc(Cl)cc1. The minimum absolute atomic E-state index is 0.139. The van der Waals surface area contributed by atoms with Crippen LogP contribution in [0.4, 0.5) is 0 Å². The molecule has 12 heteroatoms. The monoisotopic (exact) mass is 591 g/mol. The molecule has 4 aromatic rings. The highest BCUT2D eigenvalue weighted by Gasteiger charge is 2.24. The molecule has 42 heavy (non-hydrogen) atoms. The summed E-state index contributed by atoms with van der Waals surface area (Å²) < 4.78 is 6.55. The molecule has 1 aromatic heterocycles. The Bertz CT molecular complexity index is 1570. The third kappa shape index (κ3) is 7.93. The van der Waals surface area contributed by atoms with Gasteiger partial charge < -0.3 is 19.9 Å². The van der Waals surface area contributed by atoms with Gasteiger partial charge in [-0.25, -0.2) is 10.5 Å². The summed E-state index contributed by atoms with van der Waals surface area (Å²) in [5.74, 6) is -1.57. The number of ether oxygens (including phenoxy) is 1. The molecule has 0 aliphatic heterocycles. The van der Waals surface area contributed by atoms with Crippen LogP contribution in [0.2, 0.25) is 5.02 Å². The van der Waals surface area contributed by atoms with Crippen molar-refractivity contribution >= 4 is 46.3 Å². The fourth-order valence-corrected chi connectivity index (χ4v) is 4.55. The van der Waals surface area contributed by atoms with Crippen molar-refractivity contribution in [2.24, 2.45) is 0 Å². The van der Waals surface area contributed by atoms with Gasteiger partial charge in [0.05, 0.1) is 24.2 Å². The van der Waals surface area contributed by atoms with Crippen molar-refractivity contribution in [2.75, 3.05) is 13.7 Å². The predicted molar refractivity (Wildman–Crippen MR) is 155 cm³/mol. The summed E-state index contributed by atoms with van der Waals surface area (Å²) in [5.41, 5.74) is 4.94. The fourth-order valence-electron chi connectivity index (χ4n) is 4.43. The number of esters is 1. The first-order valence-electron chi connectivity index (χ1n) is 13.1. The van der Waals surface area contributed by atoms with Crippen molar-refractivity contribution in [3.8, 4) is 0 Å². The average molecular weight is 592 g/mol. The summed E-state index contributed by atoms with van der Waals surface area (Å²) in [6.45, 7) is 0.119. The fraction of sp³-hybridized carbons (Fsp3) is 0.233. The molecular formula is C30H30ClN5O6. The molecule has 0 radical (unpaired) electrons. The van der Waals surface area contributed by atoms with Gasteiger partial charge in [0.25, 0.3) is 5.91 Å². The first-order chi connectivity index (χ1) is 20.3. The first kappa shape index (κ1) is 30.2. The number of methoxy groups -OCH3 is 1. The Kier molecular flexibility index (Phi) is 10.2. The molecule has 1 unspecified atom stereocenters.